The Hall–Kier alpha value is -3.02. The van der Waals surface area contributed by atoms with Crippen LogP contribution in [-0.2, 0) is 0 Å². The minimum atomic E-state index is -0.269. The molecule has 0 saturated heterocycles. The van der Waals surface area contributed by atoms with Gasteiger partial charge in [-0.05, 0) is 56.4 Å². The topological polar surface area (TPSA) is 72.5 Å². The molecule has 0 unspecified atom stereocenters. The van der Waals surface area contributed by atoms with Crippen LogP contribution < -0.4 is 20.1 Å². The highest BCUT2D eigenvalue weighted by molar-refractivity contribution is 6.04. The maximum atomic E-state index is 12.5. The van der Waals surface area contributed by atoms with Gasteiger partial charge < -0.3 is 20.1 Å². The van der Waals surface area contributed by atoms with E-state index in [0.717, 1.165) is 18.7 Å². The lowest BCUT2D eigenvalue weighted by Gasteiger charge is -2.13. The maximum Gasteiger partial charge on any atom is 0.257 e. The normalized spacial score (nSPS) is 13.4. The first-order chi connectivity index (χ1) is 13.7. The van der Waals surface area contributed by atoms with Gasteiger partial charge in [0, 0.05) is 18.2 Å². The second kappa shape index (κ2) is 9.78. The van der Waals surface area contributed by atoms with Gasteiger partial charge in [0.1, 0.15) is 17.3 Å². The first-order valence-electron chi connectivity index (χ1n) is 9.60. The summed E-state index contributed by atoms with van der Waals surface area (Å²) >= 11 is 0. The van der Waals surface area contributed by atoms with Crippen molar-refractivity contribution in [3.8, 4) is 11.5 Å². The number of benzene rings is 1. The maximum absolute atomic E-state index is 12.5. The lowest BCUT2D eigenvalue weighted by molar-refractivity contribution is 0.102. The predicted octanol–water partition coefficient (Wildman–Crippen LogP) is 4.65. The number of carbonyl (C=O) groups excluding carboxylic acids is 1. The molecular weight excluding hydrogens is 354 g/mol. The summed E-state index contributed by atoms with van der Waals surface area (Å²) in [7, 11) is 3.10. The van der Waals surface area contributed by atoms with Crippen molar-refractivity contribution in [2.45, 2.75) is 32.1 Å². The second-order valence-electron chi connectivity index (χ2n) is 6.77. The molecule has 0 bridgehead atoms. The van der Waals surface area contributed by atoms with Crippen molar-refractivity contribution in [2.24, 2.45) is 0 Å². The molecule has 1 aliphatic rings. The number of allylic oxidation sites excluding steroid dienone is 1. The highest BCUT2D eigenvalue weighted by atomic mass is 16.5. The fraction of sp³-hybridized carbons (Fsp3) is 0.364. The summed E-state index contributed by atoms with van der Waals surface area (Å²) in [6.45, 7) is 0.892. The summed E-state index contributed by atoms with van der Waals surface area (Å²) < 4.78 is 10.4. The van der Waals surface area contributed by atoms with Crippen LogP contribution in [0.1, 0.15) is 42.5 Å². The number of carbonyl (C=O) groups is 1. The lowest BCUT2D eigenvalue weighted by atomic mass is 9.97. The average Bonchev–Trinajstić information content (AvgIpc) is 2.75. The minimum Gasteiger partial charge on any atom is -0.497 e. The van der Waals surface area contributed by atoms with E-state index in [9.17, 15) is 4.79 Å². The van der Waals surface area contributed by atoms with Crippen molar-refractivity contribution in [1.82, 2.24) is 4.98 Å². The monoisotopic (exact) mass is 381 g/mol. The van der Waals surface area contributed by atoms with E-state index in [1.807, 2.05) is 6.07 Å². The number of pyridine rings is 1. The number of ether oxygens (including phenoxy) is 2. The third-order valence-electron chi connectivity index (χ3n) is 4.78. The SMILES string of the molecule is COc1cc(OC)cc(C(=O)Nc2ccc(NCCC3=CCCCC3)cn2)c1. The standard InChI is InChI=1S/C22H27N3O3/c1-27-19-12-17(13-20(14-19)28-2)22(26)25-21-9-8-18(15-24-21)23-11-10-16-6-4-3-5-7-16/h6,8-9,12-15,23H,3-5,7,10-11H2,1-2H3,(H,24,25,26). The molecule has 28 heavy (non-hydrogen) atoms. The van der Waals surface area contributed by atoms with Crippen molar-refractivity contribution < 1.29 is 14.3 Å². The van der Waals surface area contributed by atoms with Crippen molar-refractivity contribution in [1.29, 1.82) is 0 Å². The lowest BCUT2D eigenvalue weighted by Crippen LogP contribution is -2.13. The van der Waals surface area contributed by atoms with Gasteiger partial charge in [0.05, 0.1) is 26.1 Å². The molecule has 6 heteroatoms. The number of methoxy groups -OCH3 is 2. The summed E-state index contributed by atoms with van der Waals surface area (Å²) in [4.78, 5) is 16.8. The van der Waals surface area contributed by atoms with E-state index >= 15 is 0 Å². The fourth-order valence-corrected chi connectivity index (χ4v) is 3.20. The number of anilines is 2. The van der Waals surface area contributed by atoms with Crippen molar-refractivity contribution in [3.63, 3.8) is 0 Å². The molecule has 1 heterocycles. The van der Waals surface area contributed by atoms with Gasteiger partial charge in [-0.1, -0.05) is 11.6 Å². The van der Waals surface area contributed by atoms with E-state index in [1.54, 1.807) is 50.3 Å². The Bertz CT molecular complexity index is 809. The molecule has 0 saturated carbocycles. The first-order valence-corrected chi connectivity index (χ1v) is 9.60. The van der Waals surface area contributed by atoms with Gasteiger partial charge in [-0.15, -0.1) is 0 Å². The fourth-order valence-electron chi connectivity index (χ4n) is 3.20. The molecule has 0 spiro atoms. The molecule has 0 atom stereocenters. The van der Waals surface area contributed by atoms with E-state index in [2.05, 4.69) is 21.7 Å². The molecule has 148 valence electrons. The zero-order valence-electron chi connectivity index (χ0n) is 16.5. The number of aromatic nitrogens is 1. The largest absolute Gasteiger partial charge is 0.497 e. The summed E-state index contributed by atoms with van der Waals surface area (Å²) in [6, 6.07) is 8.75. The van der Waals surface area contributed by atoms with Crippen LogP contribution in [0.2, 0.25) is 0 Å². The van der Waals surface area contributed by atoms with Crippen LogP contribution in [0.25, 0.3) is 0 Å². The van der Waals surface area contributed by atoms with Gasteiger partial charge in [0.15, 0.2) is 0 Å². The van der Waals surface area contributed by atoms with E-state index in [-0.39, 0.29) is 5.91 Å². The van der Waals surface area contributed by atoms with Gasteiger partial charge in [-0.2, -0.15) is 0 Å². The molecule has 0 aliphatic heterocycles. The molecule has 0 fully saturated rings. The van der Waals surface area contributed by atoms with Crippen LogP contribution in [0, 0.1) is 0 Å². The molecule has 1 amide bonds. The quantitative estimate of drug-likeness (QED) is 0.651. The summed E-state index contributed by atoms with van der Waals surface area (Å²) in [5.41, 5.74) is 2.93. The molecule has 0 radical (unpaired) electrons. The Labute approximate surface area is 166 Å². The first kappa shape index (κ1) is 19.7. The predicted molar refractivity (Wildman–Crippen MR) is 111 cm³/mol. The van der Waals surface area contributed by atoms with Gasteiger partial charge in [0.25, 0.3) is 5.91 Å². The van der Waals surface area contributed by atoms with Crippen molar-refractivity contribution in [2.75, 3.05) is 31.4 Å². The zero-order valence-corrected chi connectivity index (χ0v) is 16.5. The third kappa shape index (κ3) is 5.49. The summed E-state index contributed by atoms with van der Waals surface area (Å²) in [5, 5.41) is 6.18. The van der Waals surface area contributed by atoms with Crippen molar-refractivity contribution in [3.05, 3.63) is 53.7 Å². The molecule has 1 aliphatic carbocycles. The van der Waals surface area contributed by atoms with Crippen LogP contribution in [0.3, 0.4) is 0 Å². The summed E-state index contributed by atoms with van der Waals surface area (Å²) in [6.07, 6.45) is 10.2. The number of nitrogens with zero attached hydrogens (tertiary/aromatic N) is 1. The Kier molecular flexibility index (Phi) is 6.89. The van der Waals surface area contributed by atoms with Crippen LogP contribution in [0.5, 0.6) is 11.5 Å². The Balaban J connectivity index is 1.55. The molecule has 2 aromatic rings. The molecule has 1 aromatic heterocycles. The van der Waals surface area contributed by atoms with E-state index in [1.165, 1.54) is 25.7 Å². The molecule has 3 rings (SSSR count). The number of rotatable bonds is 8. The number of hydrogen-bond acceptors (Lipinski definition) is 5. The van der Waals surface area contributed by atoms with Crippen LogP contribution in [-0.4, -0.2) is 31.7 Å². The highest BCUT2D eigenvalue weighted by Crippen LogP contribution is 2.23. The molecule has 6 nitrogen and oxygen atoms in total. The van der Waals surface area contributed by atoms with Crippen LogP contribution in [0.15, 0.2) is 48.2 Å². The highest BCUT2D eigenvalue weighted by Gasteiger charge is 2.11. The number of amides is 1. The van der Waals surface area contributed by atoms with Gasteiger partial charge in [-0.3, -0.25) is 4.79 Å². The van der Waals surface area contributed by atoms with Gasteiger partial charge in [0.2, 0.25) is 0 Å². The number of hydrogen-bond donors (Lipinski definition) is 2. The minimum absolute atomic E-state index is 0.269. The third-order valence-corrected chi connectivity index (χ3v) is 4.78. The van der Waals surface area contributed by atoms with E-state index in [4.69, 9.17) is 9.47 Å². The molecule has 2 N–H and O–H groups in total. The number of nitrogens with one attached hydrogen (secondary N) is 2. The van der Waals surface area contributed by atoms with E-state index in [0.29, 0.717) is 22.9 Å². The second-order valence-corrected chi connectivity index (χ2v) is 6.77. The van der Waals surface area contributed by atoms with Gasteiger partial charge in [-0.25, -0.2) is 4.98 Å². The average molecular weight is 381 g/mol. The Morgan fingerprint density at radius 3 is 2.50 bits per heavy atom. The van der Waals surface area contributed by atoms with Crippen molar-refractivity contribution >= 4 is 17.4 Å². The zero-order chi connectivity index (χ0) is 19.8. The molecular formula is C22H27N3O3. The van der Waals surface area contributed by atoms with Crippen LogP contribution in [0.4, 0.5) is 11.5 Å². The molecule has 1 aromatic carbocycles. The smallest absolute Gasteiger partial charge is 0.257 e. The van der Waals surface area contributed by atoms with Gasteiger partial charge >= 0.3 is 0 Å². The van der Waals surface area contributed by atoms with E-state index < -0.39 is 0 Å². The Morgan fingerprint density at radius 2 is 1.89 bits per heavy atom. The Morgan fingerprint density at radius 1 is 1.11 bits per heavy atom. The summed E-state index contributed by atoms with van der Waals surface area (Å²) in [5.74, 6) is 1.34. The van der Waals surface area contributed by atoms with Crippen LogP contribution >= 0.6 is 0 Å².